The maximum absolute atomic E-state index is 11.8. The minimum atomic E-state index is -0.431. The molecule has 5 heteroatoms. The van der Waals surface area contributed by atoms with Crippen molar-refractivity contribution >= 4 is 11.8 Å². The van der Waals surface area contributed by atoms with Crippen LogP contribution < -0.4 is 5.73 Å². The molecule has 0 aromatic heterocycles. The van der Waals surface area contributed by atoms with Gasteiger partial charge in [0.25, 0.3) is 0 Å². The lowest BCUT2D eigenvalue weighted by atomic mass is 9.97. The van der Waals surface area contributed by atoms with Gasteiger partial charge in [0.2, 0.25) is 11.8 Å². The molecule has 0 aromatic rings. The average Bonchev–Trinajstić information content (AvgIpc) is 2.28. The molecule has 1 saturated heterocycles. The Bertz CT molecular complexity index is 291. The predicted molar refractivity (Wildman–Crippen MR) is 66.3 cm³/mol. The first kappa shape index (κ1) is 14.0. The van der Waals surface area contributed by atoms with Gasteiger partial charge in [-0.05, 0) is 25.7 Å². The zero-order chi connectivity index (χ0) is 13.0. The number of nitrogens with two attached hydrogens (primary N) is 1. The molecular weight excluding hydrogens is 218 g/mol. The Morgan fingerprint density at radius 2 is 2.18 bits per heavy atom. The molecule has 1 aliphatic heterocycles. The summed E-state index contributed by atoms with van der Waals surface area (Å²) in [6.45, 7) is 5.51. The molecule has 0 unspecified atom stereocenters. The van der Waals surface area contributed by atoms with Crippen molar-refractivity contribution in [1.82, 2.24) is 9.80 Å². The number of likely N-dealkylation sites (tertiary alicyclic amines) is 1. The quantitative estimate of drug-likeness (QED) is 0.759. The minimum absolute atomic E-state index is 0.0141. The van der Waals surface area contributed by atoms with Crippen LogP contribution in [0.2, 0.25) is 0 Å². The van der Waals surface area contributed by atoms with Gasteiger partial charge >= 0.3 is 0 Å². The molecule has 1 fully saturated rings. The lowest BCUT2D eigenvalue weighted by Crippen LogP contribution is -2.48. The van der Waals surface area contributed by atoms with Crippen molar-refractivity contribution in [1.29, 1.82) is 0 Å². The molecule has 2 atom stereocenters. The molecule has 0 radical (unpaired) electrons. The summed E-state index contributed by atoms with van der Waals surface area (Å²) in [5, 5.41) is 0. The van der Waals surface area contributed by atoms with E-state index in [1.165, 1.54) is 0 Å². The second-order valence-corrected chi connectivity index (χ2v) is 4.98. The Morgan fingerprint density at radius 3 is 2.71 bits per heavy atom. The predicted octanol–water partition coefficient (Wildman–Crippen LogP) is 0.0505. The van der Waals surface area contributed by atoms with E-state index in [1.807, 2.05) is 4.90 Å². The molecule has 1 heterocycles. The zero-order valence-corrected chi connectivity index (χ0v) is 11.0. The summed E-state index contributed by atoms with van der Waals surface area (Å²) in [5.74, 6) is 0.459. The van der Waals surface area contributed by atoms with Crippen LogP contribution in [-0.4, -0.2) is 54.3 Å². The van der Waals surface area contributed by atoms with Gasteiger partial charge in [0.15, 0.2) is 0 Å². The number of hydrogen-bond acceptors (Lipinski definition) is 3. The van der Waals surface area contributed by atoms with Crippen molar-refractivity contribution in [2.75, 3.05) is 26.7 Å². The smallest absolute Gasteiger partial charge is 0.239 e. The van der Waals surface area contributed by atoms with E-state index in [0.717, 1.165) is 32.5 Å². The van der Waals surface area contributed by atoms with Gasteiger partial charge in [0, 0.05) is 33.6 Å². The van der Waals surface area contributed by atoms with Crippen LogP contribution in [0.15, 0.2) is 0 Å². The van der Waals surface area contributed by atoms with Crippen molar-refractivity contribution in [3.05, 3.63) is 0 Å². The van der Waals surface area contributed by atoms with Crippen molar-refractivity contribution in [2.24, 2.45) is 11.7 Å². The van der Waals surface area contributed by atoms with E-state index >= 15 is 0 Å². The standard InChI is InChI=1S/C12H23N3O2/c1-9(13)12(17)15-6-4-5-11(8-15)7-14(3)10(2)16/h9,11H,4-8,13H2,1-3H3/t9-,11-/m0/s1. The average molecular weight is 241 g/mol. The Kier molecular flexibility index (Phi) is 4.93. The molecule has 2 amide bonds. The summed E-state index contributed by atoms with van der Waals surface area (Å²) in [5.41, 5.74) is 5.61. The van der Waals surface area contributed by atoms with Gasteiger partial charge in [0.05, 0.1) is 6.04 Å². The molecule has 0 aromatic carbocycles. The van der Waals surface area contributed by atoms with Crippen LogP contribution in [0.3, 0.4) is 0 Å². The Morgan fingerprint density at radius 1 is 1.53 bits per heavy atom. The Labute approximate surface area is 103 Å². The maximum atomic E-state index is 11.8. The van der Waals surface area contributed by atoms with Crippen LogP contribution in [0.25, 0.3) is 0 Å². The highest BCUT2D eigenvalue weighted by atomic mass is 16.2. The highest BCUT2D eigenvalue weighted by Crippen LogP contribution is 2.17. The van der Waals surface area contributed by atoms with Gasteiger partial charge in [-0.3, -0.25) is 9.59 Å². The largest absolute Gasteiger partial charge is 0.346 e. The van der Waals surface area contributed by atoms with Crippen LogP contribution in [0, 0.1) is 5.92 Å². The summed E-state index contributed by atoms with van der Waals surface area (Å²) < 4.78 is 0. The van der Waals surface area contributed by atoms with E-state index in [2.05, 4.69) is 0 Å². The number of hydrogen-bond donors (Lipinski definition) is 1. The molecule has 0 aliphatic carbocycles. The third-order valence-corrected chi connectivity index (χ3v) is 3.29. The lowest BCUT2D eigenvalue weighted by Gasteiger charge is -2.35. The number of carbonyl (C=O) groups excluding carboxylic acids is 2. The second-order valence-electron chi connectivity index (χ2n) is 4.98. The molecule has 0 spiro atoms. The van der Waals surface area contributed by atoms with E-state index in [4.69, 9.17) is 5.73 Å². The highest BCUT2D eigenvalue weighted by Gasteiger charge is 2.26. The third-order valence-electron chi connectivity index (χ3n) is 3.29. The molecule has 0 saturated carbocycles. The Hall–Kier alpha value is -1.10. The minimum Gasteiger partial charge on any atom is -0.346 e. The monoisotopic (exact) mass is 241 g/mol. The SMILES string of the molecule is CC(=O)N(C)C[C@@H]1CCCN(C(=O)[C@H](C)N)C1. The first-order valence-corrected chi connectivity index (χ1v) is 6.18. The van der Waals surface area contributed by atoms with E-state index in [1.54, 1.807) is 25.8 Å². The van der Waals surface area contributed by atoms with Gasteiger partial charge in [-0.15, -0.1) is 0 Å². The van der Waals surface area contributed by atoms with Crippen LogP contribution in [-0.2, 0) is 9.59 Å². The van der Waals surface area contributed by atoms with Gasteiger partial charge in [-0.2, -0.15) is 0 Å². The first-order valence-electron chi connectivity index (χ1n) is 6.18. The van der Waals surface area contributed by atoms with E-state index < -0.39 is 6.04 Å². The maximum Gasteiger partial charge on any atom is 0.239 e. The van der Waals surface area contributed by atoms with Crippen LogP contribution in [0.5, 0.6) is 0 Å². The van der Waals surface area contributed by atoms with Crippen LogP contribution in [0.4, 0.5) is 0 Å². The van der Waals surface area contributed by atoms with Crippen molar-refractivity contribution in [3.8, 4) is 0 Å². The normalized spacial score (nSPS) is 22.1. The number of rotatable bonds is 3. The van der Waals surface area contributed by atoms with Gasteiger partial charge in [0.1, 0.15) is 0 Å². The summed E-state index contributed by atoms with van der Waals surface area (Å²) in [4.78, 5) is 26.5. The van der Waals surface area contributed by atoms with Crippen LogP contribution in [0.1, 0.15) is 26.7 Å². The number of carbonyl (C=O) groups is 2. The van der Waals surface area contributed by atoms with Crippen molar-refractivity contribution < 1.29 is 9.59 Å². The van der Waals surface area contributed by atoms with E-state index in [9.17, 15) is 9.59 Å². The fourth-order valence-electron chi connectivity index (χ4n) is 2.22. The van der Waals surface area contributed by atoms with E-state index in [0.29, 0.717) is 5.92 Å². The van der Waals surface area contributed by atoms with Gasteiger partial charge in [-0.25, -0.2) is 0 Å². The molecule has 1 rings (SSSR count). The second kappa shape index (κ2) is 6.00. The molecule has 98 valence electrons. The summed E-state index contributed by atoms with van der Waals surface area (Å²) in [6, 6.07) is -0.431. The van der Waals surface area contributed by atoms with Crippen molar-refractivity contribution in [3.63, 3.8) is 0 Å². The molecule has 2 N–H and O–H groups in total. The first-order chi connectivity index (χ1) is 7.91. The van der Waals surface area contributed by atoms with Gasteiger partial charge in [-0.1, -0.05) is 0 Å². The van der Waals surface area contributed by atoms with E-state index in [-0.39, 0.29) is 11.8 Å². The Balaban J connectivity index is 2.49. The van der Waals surface area contributed by atoms with Crippen LogP contribution >= 0.6 is 0 Å². The summed E-state index contributed by atoms with van der Waals surface area (Å²) >= 11 is 0. The lowest BCUT2D eigenvalue weighted by molar-refractivity contribution is -0.134. The zero-order valence-electron chi connectivity index (χ0n) is 11.0. The fourth-order valence-corrected chi connectivity index (χ4v) is 2.22. The number of amides is 2. The molecular formula is C12H23N3O2. The number of nitrogens with zero attached hydrogens (tertiary/aromatic N) is 2. The molecule has 0 bridgehead atoms. The fraction of sp³-hybridized carbons (Fsp3) is 0.833. The molecule has 1 aliphatic rings. The highest BCUT2D eigenvalue weighted by molar-refractivity contribution is 5.81. The summed E-state index contributed by atoms with van der Waals surface area (Å²) in [7, 11) is 1.80. The third kappa shape index (κ3) is 4.00. The molecule has 5 nitrogen and oxygen atoms in total. The number of piperidine rings is 1. The van der Waals surface area contributed by atoms with Gasteiger partial charge < -0.3 is 15.5 Å². The molecule has 17 heavy (non-hydrogen) atoms. The van der Waals surface area contributed by atoms with Crippen molar-refractivity contribution in [2.45, 2.75) is 32.7 Å². The summed E-state index contributed by atoms with van der Waals surface area (Å²) in [6.07, 6.45) is 2.06. The topological polar surface area (TPSA) is 66.6 Å².